The molecular formula is C16H25NO. The van der Waals surface area contributed by atoms with Crippen molar-refractivity contribution < 1.29 is 4.74 Å². The Balaban J connectivity index is 2.21. The van der Waals surface area contributed by atoms with E-state index in [-0.39, 0.29) is 0 Å². The fourth-order valence-corrected chi connectivity index (χ4v) is 3.20. The standard InChI is InChI=1S/C16H25NO/c1-3-18-16-11-7-6-10-15(16)14-9-5-4-8-13(14)12-17-2/h6-7,10-11,13-14,17H,3-5,8-9,12H2,1-2H3. The SMILES string of the molecule is CCOc1ccccc1C1CCCCC1CNC. The average molecular weight is 247 g/mol. The maximum absolute atomic E-state index is 5.80. The molecule has 1 N–H and O–H groups in total. The summed E-state index contributed by atoms with van der Waals surface area (Å²) in [6.07, 6.45) is 5.37. The number of rotatable bonds is 5. The molecule has 0 spiro atoms. The lowest BCUT2D eigenvalue weighted by atomic mass is 9.75. The number of nitrogens with one attached hydrogen (secondary N) is 1. The molecule has 1 saturated carbocycles. The summed E-state index contributed by atoms with van der Waals surface area (Å²) in [5.74, 6) is 2.51. The molecule has 0 aliphatic heterocycles. The second-order valence-electron chi connectivity index (χ2n) is 5.18. The van der Waals surface area contributed by atoms with E-state index in [4.69, 9.17) is 4.74 Å². The van der Waals surface area contributed by atoms with Gasteiger partial charge in [-0.05, 0) is 56.8 Å². The van der Waals surface area contributed by atoms with E-state index in [0.29, 0.717) is 5.92 Å². The molecule has 100 valence electrons. The predicted molar refractivity (Wildman–Crippen MR) is 76.2 cm³/mol. The summed E-state index contributed by atoms with van der Waals surface area (Å²) in [5, 5.41) is 3.35. The number of para-hydroxylation sites is 1. The van der Waals surface area contributed by atoms with Crippen molar-refractivity contribution in [1.82, 2.24) is 5.32 Å². The molecule has 2 atom stereocenters. The second kappa shape index (κ2) is 6.79. The highest BCUT2D eigenvalue weighted by Crippen LogP contribution is 2.41. The van der Waals surface area contributed by atoms with Gasteiger partial charge in [0.05, 0.1) is 6.61 Å². The van der Waals surface area contributed by atoms with Gasteiger partial charge in [-0.1, -0.05) is 31.0 Å². The monoisotopic (exact) mass is 247 g/mol. The van der Waals surface area contributed by atoms with Crippen LogP contribution in [-0.4, -0.2) is 20.2 Å². The van der Waals surface area contributed by atoms with Gasteiger partial charge >= 0.3 is 0 Å². The Morgan fingerprint density at radius 3 is 2.78 bits per heavy atom. The summed E-state index contributed by atoms with van der Waals surface area (Å²) in [6.45, 7) is 3.92. The zero-order chi connectivity index (χ0) is 12.8. The normalized spacial score (nSPS) is 23.9. The minimum atomic E-state index is 0.661. The lowest BCUT2D eigenvalue weighted by Crippen LogP contribution is -2.27. The van der Waals surface area contributed by atoms with Crippen molar-refractivity contribution in [2.24, 2.45) is 5.92 Å². The van der Waals surface area contributed by atoms with Crippen LogP contribution in [0, 0.1) is 5.92 Å². The Morgan fingerprint density at radius 2 is 2.00 bits per heavy atom. The Labute approximate surface area is 111 Å². The van der Waals surface area contributed by atoms with Gasteiger partial charge in [0.15, 0.2) is 0 Å². The van der Waals surface area contributed by atoms with Crippen LogP contribution in [0.4, 0.5) is 0 Å². The van der Waals surface area contributed by atoms with Crippen molar-refractivity contribution in [2.45, 2.75) is 38.5 Å². The van der Waals surface area contributed by atoms with Gasteiger partial charge < -0.3 is 10.1 Å². The van der Waals surface area contributed by atoms with E-state index >= 15 is 0 Å². The maximum atomic E-state index is 5.80. The third-order valence-corrected chi connectivity index (χ3v) is 3.99. The molecule has 0 radical (unpaired) electrons. The van der Waals surface area contributed by atoms with Crippen molar-refractivity contribution >= 4 is 0 Å². The molecule has 2 nitrogen and oxygen atoms in total. The highest BCUT2D eigenvalue weighted by molar-refractivity contribution is 5.37. The summed E-state index contributed by atoms with van der Waals surface area (Å²) in [4.78, 5) is 0. The van der Waals surface area contributed by atoms with Crippen LogP contribution in [0.3, 0.4) is 0 Å². The quantitative estimate of drug-likeness (QED) is 0.858. The molecule has 0 bridgehead atoms. The molecule has 1 aromatic rings. The molecule has 2 unspecified atom stereocenters. The van der Waals surface area contributed by atoms with Crippen LogP contribution in [0.1, 0.15) is 44.1 Å². The molecule has 1 aliphatic rings. The minimum absolute atomic E-state index is 0.661. The van der Waals surface area contributed by atoms with E-state index in [0.717, 1.165) is 24.8 Å². The van der Waals surface area contributed by atoms with Crippen molar-refractivity contribution in [3.05, 3.63) is 29.8 Å². The van der Waals surface area contributed by atoms with Gasteiger partial charge in [-0.25, -0.2) is 0 Å². The number of hydrogen-bond acceptors (Lipinski definition) is 2. The topological polar surface area (TPSA) is 21.3 Å². The van der Waals surface area contributed by atoms with E-state index in [1.54, 1.807) is 0 Å². The van der Waals surface area contributed by atoms with Gasteiger partial charge in [0.1, 0.15) is 5.75 Å². The fraction of sp³-hybridized carbons (Fsp3) is 0.625. The molecule has 2 rings (SSSR count). The van der Waals surface area contributed by atoms with Crippen LogP contribution < -0.4 is 10.1 Å². The first-order chi connectivity index (χ1) is 8.86. The Morgan fingerprint density at radius 1 is 1.22 bits per heavy atom. The number of hydrogen-bond donors (Lipinski definition) is 1. The zero-order valence-corrected chi connectivity index (χ0v) is 11.6. The summed E-state index contributed by atoms with van der Waals surface area (Å²) >= 11 is 0. The van der Waals surface area contributed by atoms with E-state index in [9.17, 15) is 0 Å². The smallest absolute Gasteiger partial charge is 0.122 e. The molecule has 1 aliphatic carbocycles. The molecule has 0 heterocycles. The molecule has 18 heavy (non-hydrogen) atoms. The first-order valence-corrected chi connectivity index (χ1v) is 7.23. The minimum Gasteiger partial charge on any atom is -0.494 e. The highest BCUT2D eigenvalue weighted by Gasteiger charge is 2.27. The second-order valence-corrected chi connectivity index (χ2v) is 5.18. The predicted octanol–water partition coefficient (Wildman–Crippen LogP) is 3.58. The number of ether oxygens (including phenoxy) is 1. The van der Waals surface area contributed by atoms with Crippen molar-refractivity contribution in [3.8, 4) is 5.75 Å². The van der Waals surface area contributed by atoms with Crippen LogP contribution in [0.15, 0.2) is 24.3 Å². The highest BCUT2D eigenvalue weighted by atomic mass is 16.5. The van der Waals surface area contributed by atoms with Crippen LogP contribution >= 0.6 is 0 Å². The largest absolute Gasteiger partial charge is 0.494 e. The van der Waals surface area contributed by atoms with E-state index in [1.807, 2.05) is 0 Å². The fourth-order valence-electron chi connectivity index (χ4n) is 3.20. The first kappa shape index (κ1) is 13.4. The van der Waals surface area contributed by atoms with Crippen LogP contribution in [0.2, 0.25) is 0 Å². The van der Waals surface area contributed by atoms with Gasteiger partial charge in [0.25, 0.3) is 0 Å². The summed E-state index contributed by atoms with van der Waals surface area (Å²) in [5.41, 5.74) is 1.42. The lowest BCUT2D eigenvalue weighted by molar-refractivity contribution is 0.283. The van der Waals surface area contributed by atoms with Crippen molar-refractivity contribution in [2.75, 3.05) is 20.2 Å². The van der Waals surface area contributed by atoms with E-state index in [1.165, 1.54) is 31.2 Å². The van der Waals surface area contributed by atoms with Gasteiger partial charge in [-0.3, -0.25) is 0 Å². The third kappa shape index (κ3) is 3.05. The Bertz CT molecular complexity index is 362. The summed E-state index contributed by atoms with van der Waals surface area (Å²) in [6, 6.07) is 8.58. The van der Waals surface area contributed by atoms with Crippen molar-refractivity contribution in [1.29, 1.82) is 0 Å². The third-order valence-electron chi connectivity index (χ3n) is 3.99. The molecule has 0 saturated heterocycles. The molecule has 0 aromatic heterocycles. The van der Waals surface area contributed by atoms with Gasteiger partial charge in [0, 0.05) is 0 Å². The van der Waals surface area contributed by atoms with E-state index < -0.39 is 0 Å². The first-order valence-electron chi connectivity index (χ1n) is 7.23. The van der Waals surface area contributed by atoms with Gasteiger partial charge in [-0.15, -0.1) is 0 Å². The number of benzene rings is 1. The van der Waals surface area contributed by atoms with Gasteiger partial charge in [0.2, 0.25) is 0 Å². The van der Waals surface area contributed by atoms with Crippen LogP contribution in [-0.2, 0) is 0 Å². The van der Waals surface area contributed by atoms with Crippen LogP contribution in [0.25, 0.3) is 0 Å². The van der Waals surface area contributed by atoms with Gasteiger partial charge in [-0.2, -0.15) is 0 Å². The Hall–Kier alpha value is -1.02. The molecule has 1 fully saturated rings. The molecule has 2 heteroatoms. The van der Waals surface area contributed by atoms with Crippen molar-refractivity contribution in [3.63, 3.8) is 0 Å². The average Bonchev–Trinajstić information content (AvgIpc) is 2.41. The molecular weight excluding hydrogens is 222 g/mol. The molecule has 0 amide bonds. The molecule has 1 aromatic carbocycles. The lowest BCUT2D eigenvalue weighted by Gasteiger charge is -2.32. The summed E-state index contributed by atoms with van der Waals surface area (Å²) < 4.78 is 5.80. The maximum Gasteiger partial charge on any atom is 0.122 e. The zero-order valence-electron chi connectivity index (χ0n) is 11.6. The van der Waals surface area contributed by atoms with Crippen LogP contribution in [0.5, 0.6) is 5.75 Å². The van der Waals surface area contributed by atoms with E-state index in [2.05, 4.69) is 43.6 Å². The summed E-state index contributed by atoms with van der Waals surface area (Å²) in [7, 11) is 2.06. The Kier molecular flexibility index (Phi) is 5.06.